The molecule has 0 aliphatic carbocycles. The van der Waals surface area contributed by atoms with Crippen LogP contribution in [0.4, 0.5) is 0 Å². The Labute approximate surface area is 237 Å². The van der Waals surface area contributed by atoms with E-state index in [9.17, 15) is 0 Å². The van der Waals surface area contributed by atoms with Crippen molar-refractivity contribution < 1.29 is 4.57 Å². The Balaban J connectivity index is 1.50. The number of rotatable bonds is 2. The molecule has 0 amide bonds. The standard InChI is InChI=1S/C38H24NOP/c40-41(29-13-2-1-3-14-29)37-30-15-7-6-11-26(30)19-21-33(37)34-23-22-32-31-16-8-9-17-35(31)39(36(32)38(34)41)28-20-18-25-10-4-5-12-27(25)24-28/h1-24H. The smallest absolute Gasteiger partial charge is 0.174 e. The lowest BCUT2D eigenvalue weighted by atomic mass is 10.00. The normalized spacial score (nSPS) is 16.0. The van der Waals surface area contributed by atoms with Gasteiger partial charge in [0.05, 0.1) is 16.3 Å². The van der Waals surface area contributed by atoms with Gasteiger partial charge in [-0.15, -0.1) is 0 Å². The molecule has 0 spiro atoms. The Morgan fingerprint density at radius 3 is 1.95 bits per heavy atom. The van der Waals surface area contributed by atoms with Gasteiger partial charge >= 0.3 is 0 Å². The summed E-state index contributed by atoms with van der Waals surface area (Å²) in [5.74, 6) is 0. The minimum Gasteiger partial charge on any atom is -0.308 e. The van der Waals surface area contributed by atoms with Crippen LogP contribution in [0.25, 0.3) is 60.2 Å². The molecule has 0 N–H and O–H groups in total. The third kappa shape index (κ3) is 3.00. The van der Waals surface area contributed by atoms with Gasteiger partial charge < -0.3 is 9.13 Å². The predicted molar refractivity (Wildman–Crippen MR) is 174 cm³/mol. The molecule has 0 saturated heterocycles. The summed E-state index contributed by atoms with van der Waals surface area (Å²) >= 11 is 0. The Morgan fingerprint density at radius 1 is 0.463 bits per heavy atom. The molecule has 7 aromatic carbocycles. The van der Waals surface area contributed by atoms with Crippen molar-refractivity contribution in [2.75, 3.05) is 0 Å². The fourth-order valence-electron chi connectivity index (χ4n) is 6.98. The summed E-state index contributed by atoms with van der Waals surface area (Å²) in [4.78, 5) is 0. The molecule has 0 bridgehead atoms. The van der Waals surface area contributed by atoms with Crippen molar-refractivity contribution >= 4 is 66.4 Å². The van der Waals surface area contributed by atoms with Crippen molar-refractivity contribution in [1.29, 1.82) is 0 Å². The van der Waals surface area contributed by atoms with E-state index in [4.69, 9.17) is 0 Å². The highest BCUT2D eigenvalue weighted by Crippen LogP contribution is 2.56. The molecule has 1 aliphatic rings. The summed E-state index contributed by atoms with van der Waals surface area (Å²) in [6, 6.07) is 50.9. The highest BCUT2D eigenvalue weighted by atomic mass is 31.2. The number of aromatic nitrogens is 1. The van der Waals surface area contributed by atoms with E-state index in [1.54, 1.807) is 0 Å². The molecular weight excluding hydrogens is 517 g/mol. The zero-order chi connectivity index (χ0) is 27.1. The van der Waals surface area contributed by atoms with E-state index in [2.05, 4.69) is 120 Å². The van der Waals surface area contributed by atoms with Gasteiger partial charge in [-0.05, 0) is 50.9 Å². The van der Waals surface area contributed by atoms with E-state index >= 15 is 4.57 Å². The molecule has 41 heavy (non-hydrogen) atoms. The van der Waals surface area contributed by atoms with E-state index in [1.807, 2.05) is 30.3 Å². The molecule has 192 valence electrons. The molecule has 2 nitrogen and oxygen atoms in total. The second-order valence-corrected chi connectivity index (χ2v) is 13.5. The number of benzene rings is 7. The fourth-order valence-corrected chi connectivity index (χ4v) is 10.4. The topological polar surface area (TPSA) is 22.0 Å². The van der Waals surface area contributed by atoms with Crippen molar-refractivity contribution in [1.82, 2.24) is 4.57 Å². The Morgan fingerprint density at radius 2 is 1.10 bits per heavy atom. The lowest BCUT2D eigenvalue weighted by Crippen LogP contribution is -2.23. The predicted octanol–water partition coefficient (Wildman–Crippen LogP) is 8.71. The zero-order valence-corrected chi connectivity index (χ0v) is 23.1. The molecule has 0 radical (unpaired) electrons. The third-order valence-electron chi connectivity index (χ3n) is 8.74. The lowest BCUT2D eigenvalue weighted by molar-refractivity contribution is 0.593. The van der Waals surface area contributed by atoms with Crippen molar-refractivity contribution in [2.24, 2.45) is 0 Å². The van der Waals surface area contributed by atoms with Crippen LogP contribution >= 0.6 is 7.14 Å². The molecule has 1 aliphatic heterocycles. The zero-order valence-electron chi connectivity index (χ0n) is 22.2. The number of fused-ring (bicyclic) bond motifs is 10. The maximum atomic E-state index is 16.1. The number of hydrogen-bond donors (Lipinski definition) is 0. The third-order valence-corrected chi connectivity index (χ3v) is 12.0. The largest absolute Gasteiger partial charge is 0.308 e. The quantitative estimate of drug-likeness (QED) is 0.201. The number of nitrogens with zero attached hydrogens (tertiary/aromatic N) is 1. The number of hydrogen-bond acceptors (Lipinski definition) is 1. The second kappa shape index (κ2) is 8.30. The van der Waals surface area contributed by atoms with E-state index in [-0.39, 0.29) is 0 Å². The first-order chi connectivity index (χ1) is 20.2. The van der Waals surface area contributed by atoms with Crippen LogP contribution in [0, 0.1) is 0 Å². The molecule has 0 saturated carbocycles. The van der Waals surface area contributed by atoms with Gasteiger partial charge in [-0.1, -0.05) is 127 Å². The van der Waals surface area contributed by atoms with Crippen LogP contribution in [0.3, 0.4) is 0 Å². The van der Waals surface area contributed by atoms with Crippen LogP contribution < -0.4 is 15.9 Å². The van der Waals surface area contributed by atoms with Crippen LogP contribution in [0.5, 0.6) is 0 Å². The number of para-hydroxylation sites is 1. The highest BCUT2D eigenvalue weighted by Gasteiger charge is 2.44. The Hall–Kier alpha value is -4.91. The summed E-state index contributed by atoms with van der Waals surface area (Å²) in [6.45, 7) is 0. The average Bonchev–Trinajstić information content (AvgIpc) is 3.51. The average molecular weight is 542 g/mol. The van der Waals surface area contributed by atoms with E-state index in [0.29, 0.717) is 0 Å². The van der Waals surface area contributed by atoms with Gasteiger partial charge in [0.2, 0.25) is 0 Å². The summed E-state index contributed by atoms with van der Waals surface area (Å²) in [6.07, 6.45) is 0. The Bertz CT molecular complexity index is 2400. The second-order valence-electron chi connectivity index (χ2n) is 10.9. The Kier molecular flexibility index (Phi) is 4.63. The summed E-state index contributed by atoms with van der Waals surface area (Å²) in [7, 11) is -3.26. The first kappa shape index (κ1) is 22.9. The van der Waals surface area contributed by atoms with Crippen LogP contribution in [-0.4, -0.2) is 4.57 Å². The molecule has 1 aromatic heterocycles. The molecule has 1 atom stereocenters. The first-order valence-corrected chi connectivity index (χ1v) is 15.7. The monoisotopic (exact) mass is 541 g/mol. The van der Waals surface area contributed by atoms with Crippen LogP contribution in [0.2, 0.25) is 0 Å². The molecule has 2 heterocycles. The van der Waals surface area contributed by atoms with Gasteiger partial charge in [0.25, 0.3) is 0 Å². The molecule has 8 aromatic rings. The fraction of sp³-hybridized carbons (Fsp3) is 0. The van der Waals surface area contributed by atoms with Crippen LogP contribution in [0.15, 0.2) is 146 Å². The van der Waals surface area contributed by atoms with Gasteiger partial charge in [-0.25, -0.2) is 0 Å². The molecular formula is C38H24NOP. The highest BCUT2D eigenvalue weighted by molar-refractivity contribution is 7.87. The van der Waals surface area contributed by atoms with Gasteiger partial charge in [0.15, 0.2) is 7.14 Å². The first-order valence-electron chi connectivity index (χ1n) is 14.0. The van der Waals surface area contributed by atoms with Crippen molar-refractivity contribution in [3.05, 3.63) is 146 Å². The van der Waals surface area contributed by atoms with Crippen molar-refractivity contribution in [2.45, 2.75) is 0 Å². The molecule has 0 fully saturated rings. The van der Waals surface area contributed by atoms with Crippen molar-refractivity contribution in [3.63, 3.8) is 0 Å². The maximum absolute atomic E-state index is 16.1. The summed E-state index contributed by atoms with van der Waals surface area (Å²) in [5.41, 5.74) is 5.36. The SMILES string of the molecule is O=P1(c2ccccc2)c2c(ccc3ccccc23)-c2ccc3c4ccccc4n(-c4ccc5ccccc5c4)c3c21. The maximum Gasteiger partial charge on any atom is 0.174 e. The van der Waals surface area contributed by atoms with Crippen LogP contribution in [0.1, 0.15) is 0 Å². The molecule has 1 unspecified atom stereocenters. The lowest BCUT2D eigenvalue weighted by Gasteiger charge is -2.20. The minimum atomic E-state index is -3.26. The van der Waals surface area contributed by atoms with Crippen molar-refractivity contribution in [3.8, 4) is 16.8 Å². The van der Waals surface area contributed by atoms with E-state index in [0.717, 1.165) is 59.9 Å². The van der Waals surface area contributed by atoms with Gasteiger partial charge in [-0.3, -0.25) is 0 Å². The van der Waals surface area contributed by atoms with E-state index < -0.39 is 7.14 Å². The van der Waals surface area contributed by atoms with Gasteiger partial charge in [-0.2, -0.15) is 0 Å². The van der Waals surface area contributed by atoms with Crippen LogP contribution in [-0.2, 0) is 4.57 Å². The van der Waals surface area contributed by atoms with E-state index in [1.165, 1.54) is 16.2 Å². The summed E-state index contributed by atoms with van der Waals surface area (Å²) < 4.78 is 18.5. The molecule has 3 heteroatoms. The minimum absolute atomic E-state index is 0.874. The molecule has 9 rings (SSSR count). The van der Waals surface area contributed by atoms with Gasteiger partial charge in [0, 0.05) is 27.1 Å². The summed E-state index contributed by atoms with van der Waals surface area (Å²) in [5, 5.41) is 9.63. The van der Waals surface area contributed by atoms with Gasteiger partial charge in [0.1, 0.15) is 0 Å².